The molecule has 1 aromatic carbocycles. The van der Waals surface area contributed by atoms with Gasteiger partial charge in [-0.3, -0.25) is 9.59 Å². The number of carbonyl (C=O) groups is 2. The van der Waals surface area contributed by atoms with E-state index in [1.807, 2.05) is 0 Å². The normalized spacial score (nSPS) is 25.1. The molecular formula is C19H23ClF2N2O3. The first-order chi connectivity index (χ1) is 12.7. The number of hydrogen-bond acceptors (Lipinski definition) is 3. The summed E-state index contributed by atoms with van der Waals surface area (Å²) in [4.78, 5) is 26.4. The van der Waals surface area contributed by atoms with Gasteiger partial charge in [-0.05, 0) is 43.9 Å². The number of benzene rings is 1. The van der Waals surface area contributed by atoms with Crippen LogP contribution in [0.2, 0.25) is 5.02 Å². The minimum atomic E-state index is -2.66. The predicted octanol–water partition coefficient (Wildman–Crippen LogP) is 3.59. The van der Waals surface area contributed by atoms with E-state index in [1.165, 1.54) is 12.1 Å². The van der Waals surface area contributed by atoms with Gasteiger partial charge in [0.25, 0.3) is 11.8 Å². The maximum atomic E-state index is 13.2. The molecule has 0 aromatic heterocycles. The third kappa shape index (κ3) is 4.89. The van der Waals surface area contributed by atoms with Crippen LogP contribution >= 0.6 is 11.6 Å². The number of phenols is 1. The molecule has 1 aliphatic heterocycles. The topological polar surface area (TPSA) is 69.6 Å². The first-order valence-corrected chi connectivity index (χ1v) is 9.59. The number of carbonyl (C=O) groups excluding carboxylic acids is 2. The molecule has 5 nitrogen and oxygen atoms in total. The van der Waals surface area contributed by atoms with Gasteiger partial charge in [0.2, 0.25) is 5.91 Å². The zero-order valence-electron chi connectivity index (χ0n) is 14.9. The summed E-state index contributed by atoms with van der Waals surface area (Å²) in [7, 11) is 0. The van der Waals surface area contributed by atoms with E-state index in [0.29, 0.717) is 31.2 Å². The fourth-order valence-corrected chi connectivity index (χ4v) is 3.84. The Bertz CT molecular complexity index is 711. The molecule has 2 N–H and O–H groups in total. The number of piperidine rings is 1. The Morgan fingerprint density at radius 2 is 1.78 bits per heavy atom. The van der Waals surface area contributed by atoms with E-state index in [1.54, 1.807) is 11.0 Å². The summed E-state index contributed by atoms with van der Waals surface area (Å²) in [6, 6.07) is 4.27. The summed E-state index contributed by atoms with van der Waals surface area (Å²) in [6.45, 7) is 0.227. The van der Waals surface area contributed by atoms with Crippen LogP contribution in [-0.4, -0.2) is 46.9 Å². The van der Waals surface area contributed by atoms with Crippen molar-refractivity contribution in [2.75, 3.05) is 13.1 Å². The van der Waals surface area contributed by atoms with Crippen LogP contribution in [0.25, 0.3) is 0 Å². The zero-order valence-corrected chi connectivity index (χ0v) is 15.6. The zero-order chi connectivity index (χ0) is 19.6. The molecule has 8 heteroatoms. The van der Waals surface area contributed by atoms with Crippen molar-refractivity contribution in [2.45, 2.75) is 50.5 Å². The van der Waals surface area contributed by atoms with E-state index in [-0.39, 0.29) is 60.5 Å². The number of nitrogens with one attached hydrogen (secondary N) is 1. The lowest BCUT2D eigenvalue weighted by atomic mass is 9.84. The predicted molar refractivity (Wildman–Crippen MR) is 97.1 cm³/mol. The van der Waals surface area contributed by atoms with Gasteiger partial charge in [-0.15, -0.1) is 0 Å². The standard InChI is InChI=1S/C19H23ClF2N2O3/c20-15-6-3-13(11-16(15)25)17(26)23-14-4-1-12(2-5-14)18(27)24-9-7-19(21,22)8-10-24/h3,6,11-12,14,25H,1-2,4-5,7-10H2,(H,23,26). The second-order valence-electron chi connectivity index (χ2n) is 7.37. The summed E-state index contributed by atoms with van der Waals surface area (Å²) in [6.07, 6.45) is 2.04. The summed E-state index contributed by atoms with van der Waals surface area (Å²) in [5.41, 5.74) is 0.323. The summed E-state index contributed by atoms with van der Waals surface area (Å²) >= 11 is 5.74. The molecule has 1 heterocycles. The van der Waals surface area contributed by atoms with Gasteiger partial charge >= 0.3 is 0 Å². The van der Waals surface area contributed by atoms with Gasteiger partial charge < -0.3 is 15.3 Å². The first-order valence-electron chi connectivity index (χ1n) is 9.21. The highest BCUT2D eigenvalue weighted by molar-refractivity contribution is 6.32. The van der Waals surface area contributed by atoms with Gasteiger partial charge in [-0.1, -0.05) is 11.6 Å². The van der Waals surface area contributed by atoms with Gasteiger partial charge in [-0.25, -0.2) is 8.78 Å². The lowest BCUT2D eigenvalue weighted by Gasteiger charge is -2.36. The van der Waals surface area contributed by atoms with Crippen molar-refractivity contribution in [1.29, 1.82) is 0 Å². The average Bonchev–Trinajstić information content (AvgIpc) is 2.64. The van der Waals surface area contributed by atoms with Crippen LogP contribution in [-0.2, 0) is 4.79 Å². The van der Waals surface area contributed by atoms with Crippen LogP contribution in [0.3, 0.4) is 0 Å². The van der Waals surface area contributed by atoms with Crippen LogP contribution in [0.4, 0.5) is 8.78 Å². The Balaban J connectivity index is 1.48. The first kappa shape index (κ1) is 19.9. The smallest absolute Gasteiger partial charge is 0.251 e. The molecule has 0 radical (unpaired) electrons. The number of phenolic OH excluding ortho intramolecular Hbond substituents is 1. The summed E-state index contributed by atoms with van der Waals surface area (Å²) in [5, 5.41) is 12.7. The maximum absolute atomic E-state index is 13.2. The number of aromatic hydroxyl groups is 1. The molecule has 3 rings (SSSR count). The second-order valence-corrected chi connectivity index (χ2v) is 7.78. The molecular weight excluding hydrogens is 378 g/mol. The quantitative estimate of drug-likeness (QED) is 0.814. The fraction of sp³-hybridized carbons (Fsp3) is 0.579. The van der Waals surface area contributed by atoms with Crippen LogP contribution in [0.5, 0.6) is 5.75 Å². The number of amides is 2. The summed E-state index contributed by atoms with van der Waals surface area (Å²) in [5.74, 6) is -3.31. The van der Waals surface area contributed by atoms with Crippen molar-refractivity contribution in [3.05, 3.63) is 28.8 Å². The number of rotatable bonds is 3. The Hall–Kier alpha value is -1.89. The Morgan fingerprint density at radius 3 is 2.37 bits per heavy atom. The number of likely N-dealkylation sites (tertiary alicyclic amines) is 1. The number of nitrogens with zero attached hydrogens (tertiary/aromatic N) is 1. The molecule has 0 atom stereocenters. The SMILES string of the molecule is O=C(NC1CCC(C(=O)N2CCC(F)(F)CC2)CC1)c1ccc(Cl)c(O)c1. The van der Waals surface area contributed by atoms with E-state index in [0.717, 1.165) is 0 Å². The van der Waals surface area contributed by atoms with Crippen LogP contribution in [0.1, 0.15) is 48.9 Å². The fourth-order valence-electron chi connectivity index (χ4n) is 3.72. The number of alkyl halides is 2. The van der Waals surface area contributed by atoms with Crippen molar-refractivity contribution in [3.8, 4) is 5.75 Å². The molecule has 2 amide bonds. The Morgan fingerprint density at radius 1 is 1.15 bits per heavy atom. The van der Waals surface area contributed by atoms with Gasteiger partial charge in [0.05, 0.1) is 5.02 Å². The molecule has 148 valence electrons. The van der Waals surface area contributed by atoms with Gasteiger partial charge in [0.1, 0.15) is 5.75 Å². The molecule has 1 saturated carbocycles. The molecule has 0 unspecified atom stereocenters. The van der Waals surface area contributed by atoms with E-state index in [2.05, 4.69) is 5.32 Å². The van der Waals surface area contributed by atoms with Crippen molar-refractivity contribution in [1.82, 2.24) is 10.2 Å². The third-order valence-electron chi connectivity index (χ3n) is 5.43. The molecule has 1 aromatic rings. The highest BCUT2D eigenvalue weighted by atomic mass is 35.5. The van der Waals surface area contributed by atoms with Gasteiger partial charge in [0.15, 0.2) is 0 Å². The molecule has 27 heavy (non-hydrogen) atoms. The largest absolute Gasteiger partial charge is 0.506 e. The minimum absolute atomic E-state index is 0.0436. The highest BCUT2D eigenvalue weighted by Gasteiger charge is 2.38. The maximum Gasteiger partial charge on any atom is 0.251 e. The number of halogens is 3. The number of hydrogen-bond donors (Lipinski definition) is 2. The van der Waals surface area contributed by atoms with Gasteiger partial charge in [-0.2, -0.15) is 0 Å². The average molecular weight is 401 g/mol. The minimum Gasteiger partial charge on any atom is -0.506 e. The van der Waals surface area contributed by atoms with Crippen molar-refractivity contribution < 1.29 is 23.5 Å². The van der Waals surface area contributed by atoms with Crippen LogP contribution < -0.4 is 5.32 Å². The molecule has 1 saturated heterocycles. The van der Waals surface area contributed by atoms with Crippen LogP contribution in [0.15, 0.2) is 18.2 Å². The van der Waals surface area contributed by atoms with E-state index in [9.17, 15) is 23.5 Å². The van der Waals surface area contributed by atoms with Crippen LogP contribution in [0, 0.1) is 5.92 Å². The van der Waals surface area contributed by atoms with E-state index in [4.69, 9.17) is 11.6 Å². The molecule has 2 fully saturated rings. The van der Waals surface area contributed by atoms with E-state index < -0.39 is 5.92 Å². The molecule has 1 aliphatic carbocycles. The van der Waals surface area contributed by atoms with E-state index >= 15 is 0 Å². The van der Waals surface area contributed by atoms with Crippen molar-refractivity contribution in [3.63, 3.8) is 0 Å². The monoisotopic (exact) mass is 400 g/mol. The summed E-state index contributed by atoms with van der Waals surface area (Å²) < 4.78 is 26.5. The Labute approximate surface area is 161 Å². The second kappa shape index (κ2) is 8.00. The van der Waals surface area contributed by atoms with Crippen molar-refractivity contribution >= 4 is 23.4 Å². The molecule has 0 bridgehead atoms. The van der Waals surface area contributed by atoms with Crippen molar-refractivity contribution in [2.24, 2.45) is 5.92 Å². The third-order valence-corrected chi connectivity index (χ3v) is 5.75. The Kier molecular flexibility index (Phi) is 5.89. The lowest BCUT2D eigenvalue weighted by molar-refractivity contribution is -0.142. The lowest BCUT2D eigenvalue weighted by Crippen LogP contribution is -2.47. The molecule has 2 aliphatic rings. The van der Waals surface area contributed by atoms with Gasteiger partial charge in [0, 0.05) is 43.5 Å². The molecule has 0 spiro atoms. The highest BCUT2D eigenvalue weighted by Crippen LogP contribution is 2.31.